The van der Waals surface area contributed by atoms with E-state index in [1.54, 1.807) is 31.2 Å². The molecule has 0 radical (unpaired) electrons. The van der Waals surface area contributed by atoms with E-state index in [1.807, 2.05) is 0 Å². The van der Waals surface area contributed by atoms with E-state index in [1.165, 1.54) is 12.3 Å². The number of hydrogen-bond acceptors (Lipinski definition) is 4. The molecule has 2 aromatic carbocycles. The monoisotopic (exact) mass is 408 g/mol. The summed E-state index contributed by atoms with van der Waals surface area (Å²) in [6.45, 7) is 2.06. The highest BCUT2D eigenvalue weighted by atomic mass is 35.5. The number of nitrogens with one attached hydrogen (secondary N) is 1. The van der Waals surface area contributed by atoms with Gasteiger partial charge in [0.25, 0.3) is 0 Å². The molecule has 0 aliphatic heterocycles. The van der Waals surface area contributed by atoms with Crippen molar-refractivity contribution in [3.63, 3.8) is 0 Å². The predicted octanol–water partition coefficient (Wildman–Crippen LogP) is 5.70. The third-order valence-electron chi connectivity index (χ3n) is 4.07. The summed E-state index contributed by atoms with van der Waals surface area (Å²) in [5.41, 5.74) is 0.667. The van der Waals surface area contributed by atoms with Crippen LogP contribution >= 0.6 is 11.6 Å². The fourth-order valence-electron chi connectivity index (χ4n) is 2.72. The van der Waals surface area contributed by atoms with Gasteiger partial charge in [0.05, 0.1) is 23.4 Å². The molecule has 1 aromatic heterocycles. The number of halogens is 4. The normalized spacial score (nSPS) is 11.5. The first kappa shape index (κ1) is 19.9. The average Bonchev–Trinajstić information content (AvgIpc) is 2.66. The molecule has 3 rings (SSSR count). The molecule has 0 atom stereocenters. The van der Waals surface area contributed by atoms with Gasteiger partial charge in [0.1, 0.15) is 5.56 Å². The molecule has 0 aliphatic rings. The maximum atomic E-state index is 13.2. The van der Waals surface area contributed by atoms with Crippen molar-refractivity contribution in [2.75, 3.05) is 11.9 Å². The Kier molecular flexibility index (Phi) is 5.74. The van der Waals surface area contributed by atoms with E-state index in [-0.39, 0.29) is 29.8 Å². The van der Waals surface area contributed by atoms with Crippen LogP contribution in [0.4, 0.5) is 18.9 Å². The number of aromatic nitrogens is 1. The highest BCUT2D eigenvalue weighted by molar-refractivity contribution is 6.30. The molecular formula is C20H16ClF3N2O2. The molecular weight excluding hydrogens is 393 g/mol. The minimum atomic E-state index is -4.51. The van der Waals surface area contributed by atoms with Crippen LogP contribution < -0.4 is 5.32 Å². The van der Waals surface area contributed by atoms with Gasteiger partial charge in [0, 0.05) is 23.2 Å². The lowest BCUT2D eigenvalue weighted by Crippen LogP contribution is -2.12. The summed E-state index contributed by atoms with van der Waals surface area (Å²) in [5, 5.41) is 3.82. The number of carbonyl (C=O) groups is 1. The third kappa shape index (κ3) is 4.36. The average molecular weight is 409 g/mol. The van der Waals surface area contributed by atoms with Crippen molar-refractivity contribution >= 4 is 34.2 Å². The van der Waals surface area contributed by atoms with Crippen LogP contribution in [0.15, 0.2) is 48.7 Å². The summed E-state index contributed by atoms with van der Waals surface area (Å²) in [6.07, 6.45) is -3.21. The molecule has 0 saturated heterocycles. The summed E-state index contributed by atoms with van der Waals surface area (Å²) >= 11 is 5.87. The van der Waals surface area contributed by atoms with Gasteiger partial charge in [0.2, 0.25) is 0 Å². The lowest BCUT2D eigenvalue weighted by Gasteiger charge is -2.15. The lowest BCUT2D eigenvalue weighted by molar-refractivity contribution is -0.137. The fraction of sp³-hybridized carbons (Fsp3) is 0.200. The summed E-state index contributed by atoms with van der Waals surface area (Å²) < 4.78 is 44.5. The molecule has 0 aliphatic carbocycles. The Morgan fingerprint density at radius 3 is 2.54 bits per heavy atom. The second-order valence-electron chi connectivity index (χ2n) is 5.98. The van der Waals surface area contributed by atoms with Crippen LogP contribution in [0.2, 0.25) is 5.02 Å². The van der Waals surface area contributed by atoms with E-state index >= 15 is 0 Å². The number of ether oxygens (including phenoxy) is 1. The van der Waals surface area contributed by atoms with E-state index in [4.69, 9.17) is 16.3 Å². The number of pyridine rings is 1. The molecule has 1 N–H and O–H groups in total. The van der Waals surface area contributed by atoms with E-state index in [9.17, 15) is 18.0 Å². The Morgan fingerprint density at radius 2 is 1.89 bits per heavy atom. The molecule has 8 heteroatoms. The Labute approximate surface area is 164 Å². The first-order chi connectivity index (χ1) is 13.3. The Balaban J connectivity index is 2.08. The molecule has 0 unspecified atom stereocenters. The van der Waals surface area contributed by atoms with Gasteiger partial charge in [-0.3, -0.25) is 4.98 Å². The predicted molar refractivity (Wildman–Crippen MR) is 101 cm³/mol. The van der Waals surface area contributed by atoms with Crippen LogP contribution in [0.3, 0.4) is 0 Å². The largest absolute Gasteiger partial charge is 0.462 e. The molecule has 4 nitrogen and oxygen atoms in total. The summed E-state index contributed by atoms with van der Waals surface area (Å²) in [4.78, 5) is 16.4. The smallest absolute Gasteiger partial charge is 0.416 e. The highest BCUT2D eigenvalue weighted by Crippen LogP contribution is 2.34. The minimum Gasteiger partial charge on any atom is -0.462 e. The molecule has 28 heavy (non-hydrogen) atoms. The Morgan fingerprint density at radius 1 is 1.18 bits per heavy atom. The van der Waals surface area contributed by atoms with Gasteiger partial charge in [-0.1, -0.05) is 23.7 Å². The number of rotatable bonds is 5. The molecule has 0 spiro atoms. The van der Waals surface area contributed by atoms with Crippen molar-refractivity contribution in [1.29, 1.82) is 0 Å². The molecule has 1 heterocycles. The van der Waals surface area contributed by atoms with Crippen molar-refractivity contribution in [2.45, 2.75) is 19.6 Å². The number of fused-ring (bicyclic) bond motifs is 1. The number of anilines is 1. The van der Waals surface area contributed by atoms with Crippen molar-refractivity contribution in [1.82, 2.24) is 4.98 Å². The maximum Gasteiger partial charge on any atom is 0.416 e. The van der Waals surface area contributed by atoms with Gasteiger partial charge in [0.15, 0.2) is 0 Å². The first-order valence-corrected chi connectivity index (χ1v) is 8.82. The van der Waals surface area contributed by atoms with Gasteiger partial charge in [-0.15, -0.1) is 0 Å². The summed E-state index contributed by atoms with van der Waals surface area (Å²) in [5.74, 6) is -0.659. The van der Waals surface area contributed by atoms with Crippen molar-refractivity contribution < 1.29 is 22.7 Å². The van der Waals surface area contributed by atoms with Gasteiger partial charge in [-0.05, 0) is 42.8 Å². The van der Waals surface area contributed by atoms with E-state index in [2.05, 4.69) is 10.3 Å². The van der Waals surface area contributed by atoms with Crippen LogP contribution in [-0.4, -0.2) is 17.6 Å². The van der Waals surface area contributed by atoms with Gasteiger partial charge >= 0.3 is 12.1 Å². The maximum absolute atomic E-state index is 13.2. The number of benzene rings is 2. The molecule has 0 amide bonds. The molecule has 0 fully saturated rings. The van der Waals surface area contributed by atoms with E-state index in [0.29, 0.717) is 10.5 Å². The van der Waals surface area contributed by atoms with E-state index < -0.39 is 17.7 Å². The third-order valence-corrected chi connectivity index (χ3v) is 4.33. The zero-order valence-electron chi connectivity index (χ0n) is 14.8. The van der Waals surface area contributed by atoms with Crippen LogP contribution in [0.25, 0.3) is 10.9 Å². The van der Waals surface area contributed by atoms with Crippen molar-refractivity contribution in [2.24, 2.45) is 0 Å². The molecule has 3 aromatic rings. The van der Waals surface area contributed by atoms with Gasteiger partial charge < -0.3 is 10.1 Å². The zero-order valence-corrected chi connectivity index (χ0v) is 15.6. The molecule has 0 bridgehead atoms. The van der Waals surface area contributed by atoms with Crippen LogP contribution in [0, 0.1) is 0 Å². The summed E-state index contributed by atoms with van der Waals surface area (Å²) in [6, 6.07) is 10.2. The van der Waals surface area contributed by atoms with Crippen molar-refractivity contribution in [3.8, 4) is 0 Å². The number of carbonyl (C=O) groups excluding carboxylic acids is 1. The summed E-state index contributed by atoms with van der Waals surface area (Å²) in [7, 11) is 0. The Hall–Kier alpha value is -2.80. The lowest BCUT2D eigenvalue weighted by atomic mass is 10.1. The van der Waals surface area contributed by atoms with Gasteiger partial charge in [-0.2, -0.15) is 13.2 Å². The second-order valence-corrected chi connectivity index (χ2v) is 6.41. The number of nitrogens with zero attached hydrogens (tertiary/aromatic N) is 1. The standard InChI is InChI=1S/C20H16ClF3N2O2/c1-2-28-19(27)16-11-25-17-8-5-13(20(22,23)24)9-15(17)18(16)26-10-12-3-6-14(21)7-4-12/h3-9,11H,2,10H2,1H3,(H,25,26). The highest BCUT2D eigenvalue weighted by Gasteiger charge is 2.31. The first-order valence-electron chi connectivity index (χ1n) is 8.45. The van der Waals surface area contributed by atoms with Crippen LogP contribution in [0.5, 0.6) is 0 Å². The van der Waals surface area contributed by atoms with Gasteiger partial charge in [-0.25, -0.2) is 4.79 Å². The number of esters is 1. The van der Waals surface area contributed by atoms with E-state index in [0.717, 1.165) is 17.7 Å². The number of hydrogen-bond donors (Lipinski definition) is 1. The van der Waals surface area contributed by atoms with Crippen molar-refractivity contribution in [3.05, 3.63) is 70.4 Å². The Bertz CT molecular complexity index is 1000. The van der Waals surface area contributed by atoms with Crippen LogP contribution in [0.1, 0.15) is 28.4 Å². The zero-order chi connectivity index (χ0) is 20.3. The topological polar surface area (TPSA) is 51.2 Å². The molecule has 146 valence electrons. The number of alkyl halides is 3. The molecule has 0 saturated carbocycles. The second kappa shape index (κ2) is 8.06. The quantitative estimate of drug-likeness (QED) is 0.550. The SMILES string of the molecule is CCOC(=O)c1cnc2ccc(C(F)(F)F)cc2c1NCc1ccc(Cl)cc1. The minimum absolute atomic E-state index is 0.0719. The van der Waals surface area contributed by atoms with Crippen LogP contribution in [-0.2, 0) is 17.5 Å². The fourth-order valence-corrected chi connectivity index (χ4v) is 2.84.